The Morgan fingerprint density at radius 3 is 2.62 bits per heavy atom. The lowest BCUT2D eigenvalue weighted by molar-refractivity contribution is 0.549. The molecule has 1 heterocycles. The van der Waals surface area contributed by atoms with Gasteiger partial charge in [-0.15, -0.1) is 11.3 Å². The van der Waals surface area contributed by atoms with Crippen molar-refractivity contribution in [1.82, 2.24) is 10.3 Å². The van der Waals surface area contributed by atoms with Crippen molar-refractivity contribution in [1.29, 1.82) is 0 Å². The van der Waals surface area contributed by atoms with Gasteiger partial charge >= 0.3 is 0 Å². The summed E-state index contributed by atoms with van der Waals surface area (Å²) in [7, 11) is 2.09. The van der Waals surface area contributed by atoms with Crippen LogP contribution in [0.1, 0.15) is 33.4 Å². The molecule has 0 radical (unpaired) electrons. The lowest BCUT2D eigenvalue weighted by Gasteiger charge is -2.19. The van der Waals surface area contributed by atoms with E-state index in [1.54, 1.807) is 11.3 Å². The Morgan fingerprint density at radius 2 is 2.06 bits per heavy atom. The Kier molecular flexibility index (Phi) is 5.22. The molecule has 4 heteroatoms. The van der Waals surface area contributed by atoms with E-state index in [2.05, 4.69) is 55.3 Å². The van der Waals surface area contributed by atoms with Gasteiger partial charge in [-0.1, -0.05) is 13.8 Å². The van der Waals surface area contributed by atoms with Gasteiger partial charge in [-0.25, -0.2) is 4.98 Å². The second-order valence-corrected chi connectivity index (χ2v) is 5.69. The zero-order valence-electron chi connectivity index (χ0n) is 10.9. The summed E-state index contributed by atoms with van der Waals surface area (Å²) < 4.78 is 0. The summed E-state index contributed by atoms with van der Waals surface area (Å²) in [5.74, 6) is 0.691. The highest BCUT2D eigenvalue weighted by Crippen LogP contribution is 2.20. The number of anilines is 1. The van der Waals surface area contributed by atoms with Gasteiger partial charge in [0.2, 0.25) is 0 Å². The average molecular weight is 241 g/mol. The second-order valence-electron chi connectivity index (χ2n) is 4.85. The van der Waals surface area contributed by atoms with Crippen molar-refractivity contribution < 1.29 is 0 Å². The second kappa shape index (κ2) is 6.21. The maximum Gasteiger partial charge on any atom is 0.185 e. The zero-order valence-corrected chi connectivity index (χ0v) is 11.8. The van der Waals surface area contributed by atoms with Crippen molar-refractivity contribution in [2.45, 2.75) is 40.3 Å². The molecule has 0 spiro atoms. The molecule has 0 bridgehead atoms. The molecule has 0 aliphatic rings. The molecule has 0 aromatic carbocycles. The highest BCUT2D eigenvalue weighted by Gasteiger charge is 2.09. The molecular formula is C12H23N3S. The summed E-state index contributed by atoms with van der Waals surface area (Å²) in [6.45, 7) is 10.7. The maximum absolute atomic E-state index is 4.61. The van der Waals surface area contributed by atoms with Gasteiger partial charge in [0.1, 0.15) is 0 Å². The van der Waals surface area contributed by atoms with Gasteiger partial charge in [-0.05, 0) is 26.3 Å². The van der Waals surface area contributed by atoms with Gasteiger partial charge < -0.3 is 10.2 Å². The highest BCUT2D eigenvalue weighted by atomic mass is 32.1. The van der Waals surface area contributed by atoms with Crippen molar-refractivity contribution in [3.8, 4) is 0 Å². The minimum atomic E-state index is 0.502. The average Bonchev–Trinajstić information content (AvgIpc) is 2.64. The van der Waals surface area contributed by atoms with E-state index in [0.29, 0.717) is 12.0 Å². The summed E-state index contributed by atoms with van der Waals surface area (Å²) in [5, 5.41) is 6.66. The number of hydrogen-bond donors (Lipinski definition) is 1. The van der Waals surface area contributed by atoms with E-state index in [4.69, 9.17) is 0 Å². The lowest BCUT2D eigenvalue weighted by atomic mass is 10.2. The molecule has 0 unspecified atom stereocenters. The fourth-order valence-electron chi connectivity index (χ4n) is 1.25. The van der Waals surface area contributed by atoms with E-state index in [0.717, 1.165) is 23.9 Å². The van der Waals surface area contributed by atoms with E-state index in [1.807, 2.05) is 0 Å². The normalized spacial score (nSPS) is 11.4. The zero-order chi connectivity index (χ0) is 12.1. The number of nitrogens with one attached hydrogen (secondary N) is 1. The van der Waals surface area contributed by atoms with Crippen molar-refractivity contribution in [2.24, 2.45) is 5.92 Å². The van der Waals surface area contributed by atoms with E-state index >= 15 is 0 Å². The van der Waals surface area contributed by atoms with Gasteiger partial charge in [0, 0.05) is 25.0 Å². The molecule has 1 aromatic heterocycles. The van der Waals surface area contributed by atoms with E-state index in [-0.39, 0.29) is 0 Å². The van der Waals surface area contributed by atoms with Gasteiger partial charge in [0.15, 0.2) is 5.13 Å². The first-order chi connectivity index (χ1) is 7.50. The van der Waals surface area contributed by atoms with Crippen LogP contribution in [0.3, 0.4) is 0 Å². The standard InChI is InChI=1S/C12H23N3S/c1-9(2)6-13-7-11-8-16-12(14-11)15(5)10(3)4/h8-10,13H,6-7H2,1-5H3. The van der Waals surface area contributed by atoms with Crippen LogP contribution >= 0.6 is 11.3 Å². The first kappa shape index (κ1) is 13.5. The fourth-order valence-corrected chi connectivity index (χ4v) is 2.17. The third-order valence-electron chi connectivity index (χ3n) is 2.47. The van der Waals surface area contributed by atoms with Crippen LogP contribution in [0.25, 0.3) is 0 Å². The third-order valence-corrected chi connectivity index (χ3v) is 3.45. The Hall–Kier alpha value is -0.610. The molecule has 1 N–H and O–H groups in total. The summed E-state index contributed by atoms with van der Waals surface area (Å²) in [6.07, 6.45) is 0. The molecule has 0 aliphatic heterocycles. The number of rotatable bonds is 6. The van der Waals surface area contributed by atoms with E-state index in [9.17, 15) is 0 Å². The predicted molar refractivity (Wildman–Crippen MR) is 72.2 cm³/mol. The molecule has 0 atom stereocenters. The van der Waals surface area contributed by atoms with Crippen LogP contribution in [0.4, 0.5) is 5.13 Å². The number of nitrogens with zero attached hydrogens (tertiary/aromatic N) is 2. The highest BCUT2D eigenvalue weighted by molar-refractivity contribution is 7.13. The molecule has 0 amide bonds. The molecule has 0 fully saturated rings. The minimum Gasteiger partial charge on any atom is -0.349 e. The molecule has 1 rings (SSSR count). The van der Waals surface area contributed by atoms with E-state index < -0.39 is 0 Å². The first-order valence-electron chi connectivity index (χ1n) is 5.88. The van der Waals surface area contributed by atoms with Crippen LogP contribution in [0.2, 0.25) is 0 Å². The summed E-state index contributed by atoms with van der Waals surface area (Å²) in [4.78, 5) is 6.82. The topological polar surface area (TPSA) is 28.2 Å². The Labute approximate surface area is 103 Å². The molecular weight excluding hydrogens is 218 g/mol. The molecule has 0 saturated carbocycles. The van der Waals surface area contributed by atoms with Crippen LogP contribution < -0.4 is 10.2 Å². The molecule has 92 valence electrons. The lowest BCUT2D eigenvalue weighted by Crippen LogP contribution is -2.25. The molecule has 1 aromatic rings. The van der Waals surface area contributed by atoms with Gasteiger partial charge in [0.05, 0.1) is 5.69 Å². The monoisotopic (exact) mass is 241 g/mol. The quantitative estimate of drug-likeness (QED) is 0.830. The third kappa shape index (κ3) is 4.10. The van der Waals surface area contributed by atoms with Crippen molar-refractivity contribution in [2.75, 3.05) is 18.5 Å². The molecule has 0 aliphatic carbocycles. The molecule has 16 heavy (non-hydrogen) atoms. The van der Waals surface area contributed by atoms with Crippen LogP contribution in [0.5, 0.6) is 0 Å². The number of thiazole rings is 1. The SMILES string of the molecule is CC(C)CNCc1csc(N(C)C(C)C)n1. The minimum absolute atomic E-state index is 0.502. The van der Waals surface area contributed by atoms with Crippen LogP contribution in [-0.4, -0.2) is 24.6 Å². The predicted octanol–water partition coefficient (Wildman–Crippen LogP) is 2.73. The van der Waals surface area contributed by atoms with Gasteiger partial charge in [-0.2, -0.15) is 0 Å². The van der Waals surface area contributed by atoms with Gasteiger partial charge in [-0.3, -0.25) is 0 Å². The molecule has 3 nitrogen and oxygen atoms in total. The summed E-state index contributed by atoms with van der Waals surface area (Å²) in [6, 6.07) is 0.502. The van der Waals surface area contributed by atoms with Crippen molar-refractivity contribution in [3.63, 3.8) is 0 Å². The Balaban J connectivity index is 2.45. The molecule has 0 saturated heterocycles. The van der Waals surface area contributed by atoms with Crippen LogP contribution in [0.15, 0.2) is 5.38 Å². The first-order valence-corrected chi connectivity index (χ1v) is 6.76. The van der Waals surface area contributed by atoms with Crippen LogP contribution in [0, 0.1) is 5.92 Å². The Morgan fingerprint density at radius 1 is 1.38 bits per heavy atom. The number of aromatic nitrogens is 1. The smallest absolute Gasteiger partial charge is 0.185 e. The summed E-state index contributed by atoms with van der Waals surface area (Å²) in [5.41, 5.74) is 1.15. The Bertz CT molecular complexity index is 307. The largest absolute Gasteiger partial charge is 0.349 e. The van der Waals surface area contributed by atoms with Crippen molar-refractivity contribution in [3.05, 3.63) is 11.1 Å². The van der Waals surface area contributed by atoms with Crippen LogP contribution in [-0.2, 0) is 6.54 Å². The van der Waals surface area contributed by atoms with Crippen molar-refractivity contribution >= 4 is 16.5 Å². The fraction of sp³-hybridized carbons (Fsp3) is 0.750. The number of hydrogen-bond acceptors (Lipinski definition) is 4. The summed E-state index contributed by atoms with van der Waals surface area (Å²) >= 11 is 1.72. The van der Waals surface area contributed by atoms with E-state index in [1.165, 1.54) is 0 Å². The maximum atomic E-state index is 4.61. The van der Waals surface area contributed by atoms with Gasteiger partial charge in [0.25, 0.3) is 0 Å².